The van der Waals surface area contributed by atoms with Crippen LogP contribution in [-0.2, 0) is 17.1 Å². The molecule has 2 aliphatic rings. The molecule has 1 aromatic heterocycles. The summed E-state index contributed by atoms with van der Waals surface area (Å²) in [5.74, 6) is -1.55. The van der Waals surface area contributed by atoms with Crippen molar-refractivity contribution in [2.24, 2.45) is 11.8 Å². The van der Waals surface area contributed by atoms with E-state index in [9.17, 15) is 31.1 Å². The molecule has 0 radical (unpaired) electrons. The van der Waals surface area contributed by atoms with E-state index in [-0.39, 0.29) is 29.3 Å². The summed E-state index contributed by atoms with van der Waals surface area (Å²) in [6.45, 7) is 0.606. The molecule has 0 bridgehead atoms. The third-order valence-corrected chi connectivity index (χ3v) is 6.14. The van der Waals surface area contributed by atoms with Gasteiger partial charge in [-0.2, -0.15) is 26.3 Å². The van der Waals surface area contributed by atoms with Crippen LogP contribution in [0.5, 0.6) is 0 Å². The summed E-state index contributed by atoms with van der Waals surface area (Å²) in [6, 6.07) is 6.03. The van der Waals surface area contributed by atoms with Gasteiger partial charge in [0.2, 0.25) is 5.95 Å². The quantitative estimate of drug-likeness (QED) is 0.481. The van der Waals surface area contributed by atoms with Crippen molar-refractivity contribution in [2.45, 2.75) is 31.1 Å². The van der Waals surface area contributed by atoms with Gasteiger partial charge in [-0.05, 0) is 42.2 Å². The van der Waals surface area contributed by atoms with Gasteiger partial charge >= 0.3 is 18.3 Å². The maximum Gasteiger partial charge on any atom is 0.433 e. The summed E-state index contributed by atoms with van der Waals surface area (Å²) in [7, 11) is 1.04. The summed E-state index contributed by atoms with van der Waals surface area (Å²) in [5.41, 5.74) is -2.15. The molecule has 172 valence electrons. The van der Waals surface area contributed by atoms with E-state index in [1.54, 1.807) is 11.0 Å². The molecule has 3 atom stereocenters. The summed E-state index contributed by atoms with van der Waals surface area (Å²) in [5, 5.41) is 0. The standard InChI is InChI=1S/C21H19F6N3O2/c1-32-18(31)16-8-17(21(25,26)27)29-19(28-16)30-9-12-6-11(7-13(12)10-30)14-4-2-3-5-15(14)20(22,23)24/h2-5,8,11-13H,6-7,9-10H2,1H3/t11?,12-,13+. The first-order chi connectivity index (χ1) is 15.0. The number of hydrogen-bond acceptors (Lipinski definition) is 5. The fraction of sp³-hybridized carbons (Fsp3) is 0.476. The van der Waals surface area contributed by atoms with E-state index >= 15 is 0 Å². The third kappa shape index (κ3) is 4.24. The summed E-state index contributed by atoms with van der Waals surface area (Å²) in [4.78, 5) is 20.9. The molecule has 1 unspecified atom stereocenters. The molecule has 0 spiro atoms. The van der Waals surface area contributed by atoms with Crippen LogP contribution in [0, 0.1) is 11.8 Å². The number of alkyl halides is 6. The average Bonchev–Trinajstić information content (AvgIpc) is 3.31. The van der Waals surface area contributed by atoms with Crippen LogP contribution in [0.3, 0.4) is 0 Å². The normalized spacial score (nSPS) is 23.3. The number of hydrogen-bond donors (Lipinski definition) is 0. The number of anilines is 1. The van der Waals surface area contributed by atoms with E-state index in [2.05, 4.69) is 14.7 Å². The number of esters is 1. The Kier molecular flexibility index (Phi) is 5.54. The smallest absolute Gasteiger partial charge is 0.433 e. The van der Waals surface area contributed by atoms with Crippen molar-refractivity contribution in [1.29, 1.82) is 0 Å². The Morgan fingerprint density at radius 1 is 1.00 bits per heavy atom. The molecule has 1 aliphatic heterocycles. The molecule has 1 aromatic carbocycles. The fourth-order valence-electron chi connectivity index (χ4n) is 4.76. The second kappa shape index (κ2) is 7.93. The molecule has 2 heterocycles. The van der Waals surface area contributed by atoms with E-state index in [4.69, 9.17) is 0 Å². The molecule has 0 N–H and O–H groups in total. The number of nitrogens with zero attached hydrogens (tertiary/aromatic N) is 3. The van der Waals surface area contributed by atoms with E-state index < -0.39 is 35.3 Å². The Morgan fingerprint density at radius 3 is 2.19 bits per heavy atom. The number of carbonyl (C=O) groups is 1. The van der Waals surface area contributed by atoms with Crippen molar-refractivity contribution in [1.82, 2.24) is 9.97 Å². The molecule has 1 saturated carbocycles. The van der Waals surface area contributed by atoms with Crippen LogP contribution in [0.1, 0.15) is 46.1 Å². The number of carbonyl (C=O) groups excluding carboxylic acids is 1. The summed E-state index contributed by atoms with van der Waals surface area (Å²) < 4.78 is 84.4. The predicted octanol–water partition coefficient (Wildman–Crippen LogP) is 4.93. The van der Waals surface area contributed by atoms with Gasteiger partial charge in [0.1, 0.15) is 0 Å². The van der Waals surface area contributed by atoms with Gasteiger partial charge in [-0.1, -0.05) is 18.2 Å². The molecule has 1 aliphatic carbocycles. The Hall–Kier alpha value is -2.85. The summed E-state index contributed by atoms with van der Waals surface area (Å²) >= 11 is 0. The lowest BCUT2D eigenvalue weighted by molar-refractivity contribution is -0.141. The minimum absolute atomic E-state index is 0.0130. The van der Waals surface area contributed by atoms with Gasteiger partial charge in [-0.15, -0.1) is 0 Å². The number of aromatic nitrogens is 2. The zero-order chi connectivity index (χ0) is 23.3. The monoisotopic (exact) mass is 459 g/mol. The molecular formula is C21H19F6N3O2. The number of rotatable bonds is 3. The van der Waals surface area contributed by atoms with Gasteiger partial charge in [0.15, 0.2) is 11.4 Å². The fourth-order valence-corrected chi connectivity index (χ4v) is 4.76. The first-order valence-corrected chi connectivity index (χ1v) is 9.93. The number of fused-ring (bicyclic) bond motifs is 1. The molecule has 32 heavy (non-hydrogen) atoms. The lowest BCUT2D eigenvalue weighted by Gasteiger charge is -2.22. The number of methoxy groups -OCH3 is 1. The first kappa shape index (κ1) is 22.3. The van der Waals surface area contributed by atoms with Crippen LogP contribution in [-0.4, -0.2) is 36.1 Å². The van der Waals surface area contributed by atoms with Crippen LogP contribution in [0.2, 0.25) is 0 Å². The topological polar surface area (TPSA) is 55.3 Å². The second-order valence-electron chi connectivity index (χ2n) is 8.11. The molecular weight excluding hydrogens is 440 g/mol. The Balaban J connectivity index is 1.55. The van der Waals surface area contributed by atoms with Gasteiger partial charge in [0.05, 0.1) is 12.7 Å². The van der Waals surface area contributed by atoms with Crippen LogP contribution >= 0.6 is 0 Å². The maximum absolute atomic E-state index is 13.4. The van der Waals surface area contributed by atoms with Crippen LogP contribution in [0.4, 0.5) is 32.3 Å². The van der Waals surface area contributed by atoms with E-state index in [1.807, 2.05) is 0 Å². The molecule has 4 rings (SSSR count). The SMILES string of the molecule is COC(=O)c1cc(C(F)(F)F)nc(N2C[C@H]3CC(c4ccccc4C(F)(F)F)C[C@H]3C2)n1. The lowest BCUT2D eigenvalue weighted by Crippen LogP contribution is -2.26. The molecule has 2 fully saturated rings. The molecule has 11 heteroatoms. The molecule has 0 amide bonds. The van der Waals surface area contributed by atoms with Crippen molar-refractivity contribution in [3.05, 3.63) is 52.8 Å². The van der Waals surface area contributed by atoms with Gasteiger partial charge in [0.25, 0.3) is 0 Å². The van der Waals surface area contributed by atoms with Crippen LogP contribution in [0.25, 0.3) is 0 Å². The van der Waals surface area contributed by atoms with Gasteiger partial charge in [0, 0.05) is 19.2 Å². The molecule has 1 saturated heterocycles. The minimum atomic E-state index is -4.78. The van der Waals surface area contributed by atoms with Crippen molar-refractivity contribution >= 4 is 11.9 Å². The van der Waals surface area contributed by atoms with Crippen molar-refractivity contribution in [3.8, 4) is 0 Å². The van der Waals surface area contributed by atoms with Gasteiger partial charge in [-0.25, -0.2) is 14.8 Å². The molecule has 5 nitrogen and oxygen atoms in total. The van der Waals surface area contributed by atoms with E-state index in [0.717, 1.165) is 13.2 Å². The predicted molar refractivity (Wildman–Crippen MR) is 101 cm³/mol. The second-order valence-corrected chi connectivity index (χ2v) is 8.11. The highest BCUT2D eigenvalue weighted by Gasteiger charge is 2.45. The van der Waals surface area contributed by atoms with Crippen molar-refractivity contribution in [2.75, 3.05) is 25.1 Å². The maximum atomic E-state index is 13.4. The number of ether oxygens (including phenoxy) is 1. The third-order valence-electron chi connectivity index (χ3n) is 6.14. The Labute approximate surface area is 179 Å². The van der Waals surface area contributed by atoms with Crippen molar-refractivity contribution in [3.63, 3.8) is 0 Å². The van der Waals surface area contributed by atoms with E-state index in [1.165, 1.54) is 12.1 Å². The summed E-state index contributed by atoms with van der Waals surface area (Å²) in [6.07, 6.45) is -8.26. The highest BCUT2D eigenvalue weighted by Crippen LogP contribution is 2.49. The first-order valence-electron chi connectivity index (χ1n) is 9.93. The highest BCUT2D eigenvalue weighted by molar-refractivity contribution is 5.87. The average molecular weight is 459 g/mol. The zero-order valence-electron chi connectivity index (χ0n) is 16.9. The number of halogens is 6. The minimum Gasteiger partial charge on any atom is -0.464 e. The van der Waals surface area contributed by atoms with Crippen LogP contribution in [0.15, 0.2) is 30.3 Å². The number of benzene rings is 1. The zero-order valence-corrected chi connectivity index (χ0v) is 16.9. The molecule has 2 aromatic rings. The largest absolute Gasteiger partial charge is 0.464 e. The Bertz CT molecular complexity index is 1010. The Morgan fingerprint density at radius 2 is 1.62 bits per heavy atom. The van der Waals surface area contributed by atoms with Crippen LogP contribution < -0.4 is 4.90 Å². The van der Waals surface area contributed by atoms with E-state index in [0.29, 0.717) is 32.0 Å². The highest BCUT2D eigenvalue weighted by atomic mass is 19.4. The van der Waals surface area contributed by atoms with Gasteiger partial charge < -0.3 is 9.64 Å². The van der Waals surface area contributed by atoms with Gasteiger partial charge in [-0.3, -0.25) is 0 Å². The lowest BCUT2D eigenvalue weighted by atomic mass is 9.91. The van der Waals surface area contributed by atoms with Crippen molar-refractivity contribution < 1.29 is 35.9 Å².